The SMILES string of the molecule is CC(C)c1ncc(Cl)c(C(=O)N[C@@H]2C=C[C@H](CO)C2)n1. The Bertz CT molecular complexity index is 531. The first kappa shape index (κ1) is 14.9. The van der Waals surface area contributed by atoms with Crippen LogP contribution in [0.2, 0.25) is 5.02 Å². The summed E-state index contributed by atoms with van der Waals surface area (Å²) in [6, 6.07) is -0.0896. The van der Waals surface area contributed by atoms with Crippen LogP contribution in [0, 0.1) is 5.92 Å². The Balaban J connectivity index is 2.09. The summed E-state index contributed by atoms with van der Waals surface area (Å²) in [7, 11) is 0. The summed E-state index contributed by atoms with van der Waals surface area (Å²) in [4.78, 5) is 20.5. The van der Waals surface area contributed by atoms with Gasteiger partial charge in [-0.2, -0.15) is 0 Å². The Morgan fingerprint density at radius 2 is 2.30 bits per heavy atom. The van der Waals surface area contributed by atoms with Gasteiger partial charge in [-0.1, -0.05) is 37.6 Å². The molecule has 0 fully saturated rings. The number of nitrogens with one attached hydrogen (secondary N) is 1. The van der Waals surface area contributed by atoms with Gasteiger partial charge < -0.3 is 10.4 Å². The number of hydrogen-bond acceptors (Lipinski definition) is 4. The highest BCUT2D eigenvalue weighted by Gasteiger charge is 2.22. The maximum atomic E-state index is 12.2. The van der Waals surface area contributed by atoms with Crippen LogP contribution in [0.5, 0.6) is 0 Å². The molecule has 0 aliphatic heterocycles. The van der Waals surface area contributed by atoms with Crippen molar-refractivity contribution in [1.82, 2.24) is 15.3 Å². The molecule has 0 aromatic carbocycles. The van der Waals surface area contributed by atoms with Gasteiger partial charge in [0.25, 0.3) is 5.91 Å². The molecule has 2 N–H and O–H groups in total. The van der Waals surface area contributed by atoms with Gasteiger partial charge in [0.05, 0.1) is 11.2 Å². The van der Waals surface area contributed by atoms with Crippen molar-refractivity contribution in [2.45, 2.75) is 32.2 Å². The van der Waals surface area contributed by atoms with Crippen LogP contribution in [-0.2, 0) is 0 Å². The average Bonchev–Trinajstić information content (AvgIpc) is 2.86. The molecule has 2 rings (SSSR count). The molecular formula is C14H18ClN3O2. The normalized spacial score (nSPS) is 21.4. The van der Waals surface area contributed by atoms with Gasteiger partial charge >= 0.3 is 0 Å². The Morgan fingerprint density at radius 1 is 1.55 bits per heavy atom. The monoisotopic (exact) mass is 295 g/mol. The number of rotatable bonds is 4. The number of halogens is 1. The zero-order valence-electron chi connectivity index (χ0n) is 11.5. The first-order valence-electron chi connectivity index (χ1n) is 6.63. The molecule has 5 nitrogen and oxygen atoms in total. The van der Waals surface area contributed by atoms with Gasteiger partial charge in [-0.15, -0.1) is 0 Å². The number of aromatic nitrogens is 2. The Hall–Kier alpha value is -1.46. The minimum atomic E-state index is -0.312. The molecule has 6 heteroatoms. The molecule has 0 saturated carbocycles. The van der Waals surface area contributed by atoms with E-state index in [1.54, 1.807) is 0 Å². The number of aliphatic hydroxyl groups is 1. The van der Waals surface area contributed by atoms with Crippen molar-refractivity contribution in [3.63, 3.8) is 0 Å². The molecule has 1 heterocycles. The largest absolute Gasteiger partial charge is 0.396 e. The Labute approximate surface area is 123 Å². The molecule has 108 valence electrons. The minimum absolute atomic E-state index is 0.0896. The zero-order valence-corrected chi connectivity index (χ0v) is 12.3. The predicted octanol–water partition coefficient (Wildman–Crippen LogP) is 1.92. The highest BCUT2D eigenvalue weighted by atomic mass is 35.5. The van der Waals surface area contributed by atoms with Crippen molar-refractivity contribution < 1.29 is 9.90 Å². The topological polar surface area (TPSA) is 75.1 Å². The van der Waals surface area contributed by atoms with Gasteiger partial charge in [-0.3, -0.25) is 4.79 Å². The summed E-state index contributed by atoms with van der Waals surface area (Å²) in [5.41, 5.74) is 0.200. The number of carbonyl (C=O) groups is 1. The van der Waals surface area contributed by atoms with E-state index in [4.69, 9.17) is 16.7 Å². The van der Waals surface area contributed by atoms with Crippen LogP contribution in [0.1, 0.15) is 42.5 Å². The van der Waals surface area contributed by atoms with Crippen molar-refractivity contribution in [1.29, 1.82) is 0 Å². The third-order valence-corrected chi connectivity index (χ3v) is 3.49. The van der Waals surface area contributed by atoms with Gasteiger partial charge in [0.1, 0.15) is 11.5 Å². The van der Waals surface area contributed by atoms with Crippen LogP contribution in [0.25, 0.3) is 0 Å². The summed E-state index contributed by atoms with van der Waals surface area (Å²) >= 11 is 5.99. The van der Waals surface area contributed by atoms with Crippen molar-refractivity contribution in [3.05, 3.63) is 34.9 Å². The van der Waals surface area contributed by atoms with Gasteiger partial charge in [0.2, 0.25) is 0 Å². The highest BCUT2D eigenvalue weighted by molar-refractivity contribution is 6.33. The maximum Gasteiger partial charge on any atom is 0.272 e. The van der Waals surface area contributed by atoms with E-state index in [1.165, 1.54) is 6.20 Å². The quantitative estimate of drug-likeness (QED) is 0.832. The molecule has 1 aromatic rings. The van der Waals surface area contributed by atoms with E-state index in [1.807, 2.05) is 26.0 Å². The summed E-state index contributed by atoms with van der Waals surface area (Å²) < 4.78 is 0. The Kier molecular flexibility index (Phi) is 4.73. The van der Waals surface area contributed by atoms with Crippen molar-refractivity contribution in [2.24, 2.45) is 5.92 Å². The standard InChI is InChI=1S/C14H18ClN3O2/c1-8(2)13-16-6-11(15)12(18-13)14(20)17-10-4-3-9(5-10)7-19/h3-4,6,8-10,19H,5,7H2,1-2H3,(H,17,20)/t9-,10+/m0/s1. The van der Waals surface area contributed by atoms with E-state index in [9.17, 15) is 4.79 Å². The lowest BCUT2D eigenvalue weighted by molar-refractivity contribution is 0.0935. The smallest absolute Gasteiger partial charge is 0.272 e. The number of hydrogen-bond donors (Lipinski definition) is 2. The molecule has 1 aromatic heterocycles. The van der Waals surface area contributed by atoms with E-state index in [-0.39, 0.29) is 41.1 Å². The lowest BCUT2D eigenvalue weighted by Crippen LogP contribution is -2.34. The molecular weight excluding hydrogens is 278 g/mol. The van der Waals surface area contributed by atoms with Crippen LogP contribution >= 0.6 is 11.6 Å². The molecule has 0 saturated heterocycles. The molecule has 1 aliphatic rings. The second-order valence-corrected chi connectivity index (χ2v) is 5.63. The number of nitrogens with zero attached hydrogens (tertiary/aromatic N) is 2. The van der Waals surface area contributed by atoms with Gasteiger partial charge in [0, 0.05) is 24.5 Å². The molecule has 1 amide bonds. The zero-order chi connectivity index (χ0) is 14.7. The van der Waals surface area contributed by atoms with Crippen molar-refractivity contribution >= 4 is 17.5 Å². The fraction of sp³-hybridized carbons (Fsp3) is 0.500. The van der Waals surface area contributed by atoms with E-state index in [2.05, 4.69) is 15.3 Å². The summed E-state index contributed by atoms with van der Waals surface area (Å²) in [6.07, 6.45) is 5.95. The van der Waals surface area contributed by atoms with Crippen LogP contribution in [-0.4, -0.2) is 33.6 Å². The Morgan fingerprint density at radius 3 is 2.90 bits per heavy atom. The van der Waals surface area contributed by atoms with E-state index >= 15 is 0 Å². The molecule has 0 unspecified atom stereocenters. The molecule has 0 bridgehead atoms. The fourth-order valence-electron chi connectivity index (χ4n) is 2.07. The predicted molar refractivity (Wildman–Crippen MR) is 76.7 cm³/mol. The molecule has 20 heavy (non-hydrogen) atoms. The van der Waals surface area contributed by atoms with Gasteiger partial charge in [-0.05, 0) is 6.42 Å². The lowest BCUT2D eigenvalue weighted by atomic mass is 10.1. The summed E-state index contributed by atoms with van der Waals surface area (Å²) in [5.74, 6) is 0.513. The average molecular weight is 296 g/mol. The summed E-state index contributed by atoms with van der Waals surface area (Å²) in [6.45, 7) is 4.00. The van der Waals surface area contributed by atoms with Crippen LogP contribution < -0.4 is 5.32 Å². The van der Waals surface area contributed by atoms with Crippen LogP contribution in [0.4, 0.5) is 0 Å². The second-order valence-electron chi connectivity index (χ2n) is 5.22. The van der Waals surface area contributed by atoms with E-state index < -0.39 is 0 Å². The van der Waals surface area contributed by atoms with Gasteiger partial charge in [0.15, 0.2) is 0 Å². The maximum absolute atomic E-state index is 12.2. The molecule has 2 atom stereocenters. The fourth-order valence-corrected chi connectivity index (χ4v) is 2.25. The minimum Gasteiger partial charge on any atom is -0.396 e. The molecule has 0 spiro atoms. The highest BCUT2D eigenvalue weighted by Crippen LogP contribution is 2.19. The first-order valence-corrected chi connectivity index (χ1v) is 7.01. The first-order chi connectivity index (χ1) is 9.51. The molecule has 0 radical (unpaired) electrons. The third-order valence-electron chi connectivity index (χ3n) is 3.22. The molecule has 1 aliphatic carbocycles. The third kappa shape index (κ3) is 3.35. The number of aliphatic hydroxyl groups excluding tert-OH is 1. The van der Waals surface area contributed by atoms with Crippen LogP contribution in [0.3, 0.4) is 0 Å². The lowest BCUT2D eigenvalue weighted by Gasteiger charge is -2.13. The van der Waals surface area contributed by atoms with Gasteiger partial charge in [-0.25, -0.2) is 9.97 Å². The summed E-state index contributed by atoms with van der Waals surface area (Å²) in [5, 5.41) is 12.2. The van der Waals surface area contributed by atoms with E-state index in [0.717, 1.165) is 0 Å². The van der Waals surface area contributed by atoms with Crippen molar-refractivity contribution in [3.8, 4) is 0 Å². The van der Waals surface area contributed by atoms with E-state index in [0.29, 0.717) is 12.2 Å². The van der Waals surface area contributed by atoms with Crippen LogP contribution in [0.15, 0.2) is 18.3 Å². The van der Waals surface area contributed by atoms with Crippen molar-refractivity contribution in [2.75, 3.05) is 6.61 Å². The number of carbonyl (C=O) groups excluding carboxylic acids is 1. The second kappa shape index (κ2) is 6.33. The number of amides is 1.